The van der Waals surface area contributed by atoms with Gasteiger partial charge in [0.1, 0.15) is 0 Å². The molecule has 0 bridgehead atoms. The lowest BCUT2D eigenvalue weighted by atomic mass is 9.85. The van der Waals surface area contributed by atoms with E-state index in [1.807, 2.05) is 0 Å². The molecule has 0 N–H and O–H groups in total. The first kappa shape index (κ1) is 16.3. The first-order valence-corrected chi connectivity index (χ1v) is 7.53. The van der Waals surface area contributed by atoms with Gasteiger partial charge in [0.25, 0.3) is 0 Å². The minimum absolute atomic E-state index is 0.146. The summed E-state index contributed by atoms with van der Waals surface area (Å²) in [6.07, 6.45) is 0. The van der Waals surface area contributed by atoms with Gasteiger partial charge in [0.15, 0.2) is 0 Å². The summed E-state index contributed by atoms with van der Waals surface area (Å²) in [6, 6.07) is 17.4. The molecule has 118 valence electrons. The summed E-state index contributed by atoms with van der Waals surface area (Å²) in [7, 11) is 2.65. The van der Waals surface area contributed by atoms with E-state index < -0.39 is 0 Å². The standard InChI is InChI=1S/C18H22N2.CH3F/c1-18(2,3)14-9-5-6-10-15(14)20-13-19(4)16-11-7-8-12-17(16)20;1-2/h5-12H,13H2,1-4H3;1H3. The van der Waals surface area contributed by atoms with Gasteiger partial charge in [-0.15, -0.1) is 0 Å². The fourth-order valence-electron chi connectivity index (χ4n) is 2.93. The molecule has 0 amide bonds. The minimum Gasteiger partial charge on any atom is -0.355 e. The number of benzene rings is 2. The summed E-state index contributed by atoms with van der Waals surface area (Å²) < 4.78 is 9.50. The van der Waals surface area contributed by atoms with Crippen LogP contribution in [0.3, 0.4) is 0 Å². The first-order valence-electron chi connectivity index (χ1n) is 7.53. The van der Waals surface area contributed by atoms with Crippen molar-refractivity contribution in [3.05, 3.63) is 54.1 Å². The summed E-state index contributed by atoms with van der Waals surface area (Å²) in [5.41, 5.74) is 5.46. The van der Waals surface area contributed by atoms with Crippen LogP contribution in [0.15, 0.2) is 48.5 Å². The van der Waals surface area contributed by atoms with Gasteiger partial charge in [-0.25, -0.2) is 0 Å². The van der Waals surface area contributed by atoms with Crippen LogP contribution in [-0.2, 0) is 5.41 Å². The third-order valence-electron chi connectivity index (χ3n) is 3.94. The molecule has 0 atom stereocenters. The molecule has 1 aliphatic heterocycles. The SMILES string of the molecule is CF.CN1CN(c2ccccc2C(C)(C)C)c2ccccc21. The summed E-state index contributed by atoms with van der Waals surface area (Å²) in [4.78, 5) is 4.71. The third kappa shape index (κ3) is 2.94. The van der Waals surface area contributed by atoms with Gasteiger partial charge in [-0.3, -0.25) is 4.39 Å². The lowest BCUT2D eigenvalue weighted by molar-refractivity contribution is 0.590. The molecule has 22 heavy (non-hydrogen) atoms. The zero-order valence-corrected chi connectivity index (χ0v) is 14.1. The van der Waals surface area contributed by atoms with Crippen molar-refractivity contribution >= 4 is 17.1 Å². The maximum absolute atomic E-state index is 9.50. The normalized spacial score (nSPS) is 13.5. The third-order valence-corrected chi connectivity index (χ3v) is 3.94. The van der Waals surface area contributed by atoms with E-state index in [1.165, 1.54) is 22.6 Å². The fourth-order valence-corrected chi connectivity index (χ4v) is 2.93. The molecule has 0 saturated carbocycles. The van der Waals surface area contributed by atoms with E-state index in [-0.39, 0.29) is 5.41 Å². The van der Waals surface area contributed by atoms with Gasteiger partial charge in [-0.2, -0.15) is 0 Å². The molecule has 0 radical (unpaired) electrons. The molecule has 0 aliphatic carbocycles. The number of anilines is 3. The van der Waals surface area contributed by atoms with Gasteiger partial charge in [-0.1, -0.05) is 51.1 Å². The number of hydrogen-bond acceptors (Lipinski definition) is 2. The molecule has 2 aromatic rings. The number of nitrogens with zero attached hydrogens (tertiary/aromatic N) is 2. The number of fused-ring (bicyclic) bond motifs is 1. The Bertz CT molecular complexity index is 631. The Morgan fingerprint density at radius 2 is 1.32 bits per heavy atom. The van der Waals surface area contributed by atoms with Crippen molar-refractivity contribution in [2.45, 2.75) is 26.2 Å². The zero-order chi connectivity index (χ0) is 16.3. The topological polar surface area (TPSA) is 6.48 Å². The number of alkyl halides is 1. The van der Waals surface area contributed by atoms with Gasteiger partial charge in [0.05, 0.1) is 25.2 Å². The Balaban J connectivity index is 0.000000847. The van der Waals surface area contributed by atoms with Crippen LogP contribution in [0.4, 0.5) is 21.5 Å². The smallest absolute Gasteiger partial charge is 0.0950 e. The van der Waals surface area contributed by atoms with Crippen LogP contribution in [-0.4, -0.2) is 20.9 Å². The molecule has 2 aromatic carbocycles. The van der Waals surface area contributed by atoms with Crippen LogP contribution in [0, 0.1) is 0 Å². The quantitative estimate of drug-likeness (QED) is 0.721. The Hall–Kier alpha value is -2.03. The maximum atomic E-state index is 9.50. The van der Waals surface area contributed by atoms with E-state index >= 15 is 0 Å². The molecule has 1 aliphatic rings. The van der Waals surface area contributed by atoms with Crippen LogP contribution in [0.2, 0.25) is 0 Å². The number of hydrogen-bond donors (Lipinski definition) is 0. The van der Waals surface area contributed by atoms with Crippen molar-refractivity contribution in [1.29, 1.82) is 0 Å². The highest BCUT2D eigenvalue weighted by molar-refractivity contribution is 5.83. The van der Waals surface area contributed by atoms with Crippen molar-refractivity contribution in [2.75, 3.05) is 30.7 Å². The van der Waals surface area contributed by atoms with Crippen LogP contribution >= 0.6 is 0 Å². The van der Waals surface area contributed by atoms with Gasteiger partial charge >= 0.3 is 0 Å². The summed E-state index contributed by atoms with van der Waals surface area (Å²) in [5, 5.41) is 0. The van der Waals surface area contributed by atoms with E-state index in [0.717, 1.165) is 6.67 Å². The fraction of sp³-hybridized carbons (Fsp3) is 0.368. The lowest BCUT2D eigenvalue weighted by Gasteiger charge is -2.28. The Labute approximate surface area is 133 Å². The van der Waals surface area contributed by atoms with E-state index in [0.29, 0.717) is 7.18 Å². The second kappa shape index (κ2) is 6.39. The van der Waals surface area contributed by atoms with Crippen molar-refractivity contribution in [3.8, 4) is 0 Å². The minimum atomic E-state index is 0.146. The molecular formula is C19H25FN2. The van der Waals surface area contributed by atoms with E-state index in [1.54, 1.807) is 0 Å². The van der Waals surface area contributed by atoms with Crippen LogP contribution < -0.4 is 9.80 Å². The number of halogens is 1. The van der Waals surface area contributed by atoms with Crippen LogP contribution in [0.1, 0.15) is 26.3 Å². The second-order valence-corrected chi connectivity index (χ2v) is 6.52. The first-order chi connectivity index (χ1) is 10.5. The van der Waals surface area contributed by atoms with Gasteiger partial charge in [0, 0.05) is 12.7 Å². The van der Waals surface area contributed by atoms with Crippen molar-refractivity contribution in [2.24, 2.45) is 0 Å². The second-order valence-electron chi connectivity index (χ2n) is 6.52. The van der Waals surface area contributed by atoms with E-state index in [9.17, 15) is 4.39 Å². The Kier molecular flexibility index (Phi) is 4.74. The van der Waals surface area contributed by atoms with Gasteiger partial charge in [-0.05, 0) is 29.2 Å². The molecule has 0 spiro atoms. The highest BCUT2D eigenvalue weighted by atomic mass is 19.1. The van der Waals surface area contributed by atoms with Crippen molar-refractivity contribution in [1.82, 2.24) is 0 Å². The number of rotatable bonds is 1. The molecule has 0 aromatic heterocycles. The summed E-state index contributed by atoms with van der Waals surface area (Å²) in [6.45, 7) is 7.74. The summed E-state index contributed by atoms with van der Waals surface area (Å²) in [5.74, 6) is 0. The van der Waals surface area contributed by atoms with Crippen molar-refractivity contribution < 1.29 is 4.39 Å². The molecule has 0 saturated heterocycles. The molecule has 3 rings (SSSR count). The highest BCUT2D eigenvalue weighted by Crippen LogP contribution is 2.42. The van der Waals surface area contributed by atoms with Gasteiger partial charge in [0.2, 0.25) is 0 Å². The molecule has 2 nitrogen and oxygen atoms in total. The highest BCUT2D eigenvalue weighted by Gasteiger charge is 2.28. The molecule has 0 fully saturated rings. The van der Waals surface area contributed by atoms with Crippen LogP contribution in [0.5, 0.6) is 0 Å². The average Bonchev–Trinajstić information content (AvgIpc) is 2.86. The molecular weight excluding hydrogens is 275 g/mol. The maximum Gasteiger partial charge on any atom is 0.0950 e. The summed E-state index contributed by atoms with van der Waals surface area (Å²) >= 11 is 0. The molecule has 0 unspecified atom stereocenters. The largest absolute Gasteiger partial charge is 0.355 e. The van der Waals surface area contributed by atoms with E-state index in [4.69, 9.17) is 0 Å². The molecule has 1 heterocycles. The Morgan fingerprint density at radius 1 is 0.818 bits per heavy atom. The molecule has 3 heteroatoms. The lowest BCUT2D eigenvalue weighted by Crippen LogP contribution is -2.26. The Morgan fingerprint density at radius 3 is 1.91 bits per heavy atom. The van der Waals surface area contributed by atoms with Crippen LogP contribution in [0.25, 0.3) is 0 Å². The average molecular weight is 300 g/mol. The van der Waals surface area contributed by atoms with Gasteiger partial charge < -0.3 is 9.80 Å². The van der Waals surface area contributed by atoms with E-state index in [2.05, 4.69) is 86.1 Å². The zero-order valence-electron chi connectivity index (χ0n) is 14.1. The predicted molar refractivity (Wildman–Crippen MR) is 94.0 cm³/mol. The number of para-hydroxylation sites is 3. The van der Waals surface area contributed by atoms with Crippen molar-refractivity contribution in [3.63, 3.8) is 0 Å². The predicted octanol–water partition coefficient (Wildman–Crippen LogP) is 5.12. The monoisotopic (exact) mass is 300 g/mol.